The topological polar surface area (TPSA) is 88.3 Å². The van der Waals surface area contributed by atoms with E-state index < -0.39 is 10.0 Å². The van der Waals surface area contributed by atoms with Gasteiger partial charge in [0.15, 0.2) is 0 Å². The van der Waals surface area contributed by atoms with E-state index in [1.807, 2.05) is 32.3 Å². The van der Waals surface area contributed by atoms with Gasteiger partial charge in [-0.1, -0.05) is 18.2 Å². The zero-order valence-electron chi connectivity index (χ0n) is 17.1. The largest absolute Gasteiger partial charge is 0.441 e. The molecule has 3 aromatic rings. The molecule has 154 valence electrons. The summed E-state index contributed by atoms with van der Waals surface area (Å²) in [4.78, 5) is 11.0. The first-order valence-electron chi connectivity index (χ1n) is 9.35. The number of pyridine rings is 1. The van der Waals surface area contributed by atoms with E-state index >= 15 is 0 Å². The number of para-hydroxylation sites is 1. The number of hydrogen-bond donors (Lipinski definition) is 1. The van der Waals surface area contributed by atoms with Gasteiger partial charge < -0.3 is 4.42 Å². The summed E-state index contributed by atoms with van der Waals surface area (Å²) in [5, 5.41) is 0. The fourth-order valence-electron chi connectivity index (χ4n) is 3.06. The molecule has 0 radical (unpaired) electrons. The van der Waals surface area contributed by atoms with E-state index in [4.69, 9.17) is 4.42 Å². The summed E-state index contributed by atoms with van der Waals surface area (Å²) >= 11 is 0. The molecule has 0 amide bonds. The van der Waals surface area contributed by atoms with Crippen molar-refractivity contribution in [2.24, 2.45) is 0 Å². The minimum atomic E-state index is -3.40. The summed E-state index contributed by atoms with van der Waals surface area (Å²) in [5.74, 6) is 1.12. The number of likely N-dealkylation sites (N-methyl/N-ethyl adjacent to an activating group) is 1. The van der Waals surface area contributed by atoms with Crippen molar-refractivity contribution < 1.29 is 12.8 Å². The van der Waals surface area contributed by atoms with Gasteiger partial charge in [0.2, 0.25) is 15.9 Å². The van der Waals surface area contributed by atoms with E-state index in [1.54, 1.807) is 24.4 Å². The van der Waals surface area contributed by atoms with Crippen LogP contribution in [0.5, 0.6) is 0 Å². The van der Waals surface area contributed by atoms with Crippen LogP contribution in [0.15, 0.2) is 53.2 Å². The van der Waals surface area contributed by atoms with E-state index in [0.717, 1.165) is 24.1 Å². The third kappa shape index (κ3) is 5.65. The summed E-state index contributed by atoms with van der Waals surface area (Å²) in [6.45, 7) is 4.66. The zero-order valence-corrected chi connectivity index (χ0v) is 17.9. The number of nitrogens with one attached hydrogen (secondary N) is 1. The monoisotopic (exact) mass is 414 g/mol. The molecule has 0 aliphatic rings. The number of sulfonamides is 1. The molecule has 29 heavy (non-hydrogen) atoms. The van der Waals surface area contributed by atoms with Crippen LogP contribution in [0.2, 0.25) is 0 Å². The molecule has 2 aromatic heterocycles. The molecular weight excluding hydrogens is 388 g/mol. The molecule has 1 unspecified atom stereocenters. The van der Waals surface area contributed by atoms with Crippen LogP contribution in [0.3, 0.4) is 0 Å². The summed E-state index contributed by atoms with van der Waals surface area (Å²) in [5.41, 5.74) is 3.07. The number of benzene rings is 1. The minimum Gasteiger partial charge on any atom is -0.441 e. The van der Waals surface area contributed by atoms with E-state index in [9.17, 15) is 8.42 Å². The first kappa shape index (κ1) is 21.0. The molecule has 0 saturated carbocycles. The van der Waals surface area contributed by atoms with Crippen LogP contribution < -0.4 is 4.72 Å². The molecule has 0 bridgehead atoms. The fourth-order valence-corrected chi connectivity index (χ4v) is 3.63. The van der Waals surface area contributed by atoms with E-state index in [1.165, 1.54) is 5.56 Å². The third-order valence-corrected chi connectivity index (χ3v) is 5.34. The van der Waals surface area contributed by atoms with Gasteiger partial charge in [0, 0.05) is 25.0 Å². The fraction of sp³-hybridized carbons (Fsp3) is 0.333. The average Bonchev–Trinajstić information content (AvgIpc) is 3.02. The first-order valence-corrected chi connectivity index (χ1v) is 11.2. The number of rotatable bonds is 8. The van der Waals surface area contributed by atoms with Crippen LogP contribution in [0.25, 0.3) is 11.5 Å². The van der Waals surface area contributed by atoms with E-state index in [2.05, 4.69) is 32.6 Å². The van der Waals surface area contributed by atoms with Crippen LogP contribution in [-0.2, 0) is 23.0 Å². The minimum absolute atomic E-state index is 0.290. The van der Waals surface area contributed by atoms with Crippen LogP contribution in [0, 0.1) is 6.92 Å². The third-order valence-electron chi connectivity index (χ3n) is 4.75. The lowest BCUT2D eigenvalue weighted by atomic mass is 10.1. The number of nitrogens with zero attached hydrogens (tertiary/aromatic N) is 3. The Kier molecular flexibility index (Phi) is 6.34. The number of aromatic nitrogens is 2. The lowest BCUT2D eigenvalue weighted by Gasteiger charge is -2.23. The van der Waals surface area contributed by atoms with Crippen LogP contribution in [0.1, 0.15) is 23.9 Å². The SMILES string of the molecule is Cc1oc(-c2ccccc2NS(C)(=O)=O)nc1CN(C)C(C)Cc1cccnc1. The van der Waals surface area contributed by atoms with Crippen molar-refractivity contribution in [3.05, 3.63) is 65.8 Å². The maximum atomic E-state index is 11.7. The summed E-state index contributed by atoms with van der Waals surface area (Å²) < 4.78 is 31.7. The molecule has 3 rings (SSSR count). The summed E-state index contributed by atoms with van der Waals surface area (Å²) in [7, 11) is -1.35. The van der Waals surface area contributed by atoms with Gasteiger partial charge in [-0.3, -0.25) is 14.6 Å². The molecule has 8 heteroatoms. The normalized spacial score (nSPS) is 12.9. The molecule has 1 N–H and O–H groups in total. The van der Waals surface area contributed by atoms with Gasteiger partial charge in [0.05, 0.1) is 23.2 Å². The molecule has 7 nitrogen and oxygen atoms in total. The Balaban J connectivity index is 1.77. The van der Waals surface area contributed by atoms with E-state index in [0.29, 0.717) is 23.7 Å². The maximum Gasteiger partial charge on any atom is 0.229 e. The Hall–Kier alpha value is -2.71. The molecule has 0 saturated heterocycles. The molecule has 0 fully saturated rings. The smallest absolute Gasteiger partial charge is 0.229 e. The van der Waals surface area contributed by atoms with Crippen molar-refractivity contribution in [2.45, 2.75) is 32.9 Å². The summed E-state index contributed by atoms with van der Waals surface area (Å²) in [6.07, 6.45) is 5.66. The van der Waals surface area contributed by atoms with Gasteiger partial charge in [-0.05, 0) is 51.1 Å². The van der Waals surface area contributed by atoms with Crippen LogP contribution in [0.4, 0.5) is 5.69 Å². The Morgan fingerprint density at radius 2 is 1.97 bits per heavy atom. The van der Waals surface area contributed by atoms with Crippen molar-refractivity contribution in [2.75, 3.05) is 18.0 Å². The van der Waals surface area contributed by atoms with E-state index in [-0.39, 0.29) is 6.04 Å². The van der Waals surface area contributed by atoms with Crippen molar-refractivity contribution in [3.8, 4) is 11.5 Å². The lowest BCUT2D eigenvalue weighted by molar-refractivity contribution is 0.244. The summed E-state index contributed by atoms with van der Waals surface area (Å²) in [6, 6.07) is 11.4. The van der Waals surface area contributed by atoms with Crippen molar-refractivity contribution >= 4 is 15.7 Å². The highest BCUT2D eigenvalue weighted by Gasteiger charge is 2.19. The quantitative estimate of drug-likeness (QED) is 0.607. The lowest BCUT2D eigenvalue weighted by Crippen LogP contribution is -2.30. The molecule has 0 aliphatic heterocycles. The molecule has 1 aromatic carbocycles. The molecule has 1 atom stereocenters. The number of hydrogen-bond acceptors (Lipinski definition) is 6. The molecule has 0 aliphatic carbocycles. The second kappa shape index (κ2) is 8.75. The van der Waals surface area contributed by atoms with Crippen LogP contribution in [-0.4, -0.2) is 42.6 Å². The zero-order chi connectivity index (χ0) is 21.0. The maximum absolute atomic E-state index is 11.7. The Labute approximate surface area is 171 Å². The number of anilines is 1. The van der Waals surface area contributed by atoms with Gasteiger partial charge in [0.1, 0.15) is 5.76 Å². The average molecular weight is 415 g/mol. The van der Waals surface area contributed by atoms with Crippen molar-refractivity contribution in [1.82, 2.24) is 14.9 Å². The predicted molar refractivity (Wildman–Crippen MR) is 114 cm³/mol. The number of oxazole rings is 1. The molecular formula is C21H26N4O3S. The highest BCUT2D eigenvalue weighted by Crippen LogP contribution is 2.29. The number of aryl methyl sites for hydroxylation is 1. The first-order chi connectivity index (χ1) is 13.7. The van der Waals surface area contributed by atoms with Gasteiger partial charge in [0.25, 0.3) is 0 Å². The van der Waals surface area contributed by atoms with Crippen molar-refractivity contribution in [3.63, 3.8) is 0 Å². The molecule has 0 spiro atoms. The second-order valence-corrected chi connectivity index (χ2v) is 9.02. The van der Waals surface area contributed by atoms with Crippen molar-refractivity contribution in [1.29, 1.82) is 0 Å². The Morgan fingerprint density at radius 3 is 2.66 bits per heavy atom. The highest BCUT2D eigenvalue weighted by molar-refractivity contribution is 7.92. The van der Waals surface area contributed by atoms with Gasteiger partial charge in [-0.25, -0.2) is 13.4 Å². The predicted octanol–water partition coefficient (Wildman–Crippen LogP) is 3.48. The van der Waals surface area contributed by atoms with Gasteiger partial charge in [-0.2, -0.15) is 0 Å². The van der Waals surface area contributed by atoms with Gasteiger partial charge >= 0.3 is 0 Å². The highest BCUT2D eigenvalue weighted by atomic mass is 32.2. The second-order valence-electron chi connectivity index (χ2n) is 7.27. The molecule has 2 heterocycles. The van der Waals surface area contributed by atoms with Gasteiger partial charge in [-0.15, -0.1) is 0 Å². The standard InChI is InChI=1S/C21H26N4O3S/c1-15(12-17-8-7-11-22-13-17)25(3)14-20-16(2)28-21(23-20)18-9-5-6-10-19(18)24-29(4,26)27/h5-11,13,15,24H,12,14H2,1-4H3. The Morgan fingerprint density at radius 1 is 1.21 bits per heavy atom. The Bertz CT molecular complexity index is 1060. The van der Waals surface area contributed by atoms with Crippen LogP contribution >= 0.6 is 0 Å².